The van der Waals surface area contributed by atoms with Crippen molar-refractivity contribution < 1.29 is 10.2 Å². The molecule has 0 aromatic heterocycles. The van der Waals surface area contributed by atoms with E-state index in [1.165, 1.54) is 0 Å². The first kappa shape index (κ1) is 20.2. The molecule has 0 aliphatic heterocycles. The molecule has 0 heterocycles. The molecule has 0 rings (SSSR count). The zero-order valence-electron chi connectivity index (χ0n) is 13.6. The summed E-state index contributed by atoms with van der Waals surface area (Å²) in [6.07, 6.45) is 2.21. The van der Waals surface area contributed by atoms with E-state index in [2.05, 4.69) is 39.5 Å². The standard InChI is InChI=1S/C13H29NO2.C2H6/c1-6-12(2,3)11-13(4,5)14(7-9-15)8-10-16;1-2/h15-16H,6-11H2,1-5H3;1-2H3. The first-order valence-corrected chi connectivity index (χ1v) is 7.26. The van der Waals surface area contributed by atoms with Crippen LogP contribution in [-0.2, 0) is 0 Å². The number of hydrogen-bond acceptors (Lipinski definition) is 3. The van der Waals surface area contributed by atoms with Crippen LogP contribution in [0.4, 0.5) is 0 Å². The van der Waals surface area contributed by atoms with Gasteiger partial charge in [0.05, 0.1) is 13.2 Å². The van der Waals surface area contributed by atoms with E-state index >= 15 is 0 Å². The first-order valence-electron chi connectivity index (χ1n) is 7.26. The SMILES string of the molecule is CC.CCC(C)(C)CC(C)(C)N(CCO)CCO. The molecule has 0 aromatic rings. The molecule has 0 radical (unpaired) electrons. The Labute approximate surface area is 114 Å². The van der Waals surface area contributed by atoms with Crippen LogP contribution in [-0.4, -0.2) is 47.0 Å². The zero-order valence-corrected chi connectivity index (χ0v) is 13.6. The van der Waals surface area contributed by atoms with Crippen LogP contribution in [0.3, 0.4) is 0 Å². The minimum Gasteiger partial charge on any atom is -0.395 e. The van der Waals surface area contributed by atoms with Gasteiger partial charge in [0.1, 0.15) is 0 Å². The Balaban J connectivity index is 0. The van der Waals surface area contributed by atoms with Crippen LogP contribution in [0.1, 0.15) is 61.3 Å². The van der Waals surface area contributed by atoms with Crippen LogP contribution < -0.4 is 0 Å². The van der Waals surface area contributed by atoms with Gasteiger partial charge in [0, 0.05) is 18.6 Å². The average Bonchev–Trinajstić information content (AvgIpc) is 2.30. The minimum absolute atomic E-state index is 0.0188. The molecule has 0 spiro atoms. The van der Waals surface area contributed by atoms with Crippen molar-refractivity contribution in [3.8, 4) is 0 Å². The molecule has 0 amide bonds. The van der Waals surface area contributed by atoms with E-state index in [4.69, 9.17) is 10.2 Å². The van der Waals surface area contributed by atoms with Crippen LogP contribution in [0.2, 0.25) is 0 Å². The summed E-state index contributed by atoms with van der Waals surface area (Å²) >= 11 is 0. The van der Waals surface area contributed by atoms with Crippen molar-refractivity contribution in [2.45, 2.75) is 66.8 Å². The van der Waals surface area contributed by atoms with Crippen molar-refractivity contribution >= 4 is 0 Å². The van der Waals surface area contributed by atoms with Gasteiger partial charge in [-0.2, -0.15) is 0 Å². The lowest BCUT2D eigenvalue weighted by molar-refractivity contribution is 0.0404. The van der Waals surface area contributed by atoms with Crippen molar-refractivity contribution in [1.82, 2.24) is 4.90 Å². The number of nitrogens with zero attached hydrogens (tertiary/aromatic N) is 1. The second kappa shape index (κ2) is 9.76. The van der Waals surface area contributed by atoms with Gasteiger partial charge >= 0.3 is 0 Å². The Bertz CT molecular complexity index is 185. The Kier molecular flexibility index (Phi) is 11.0. The van der Waals surface area contributed by atoms with Crippen molar-refractivity contribution in [1.29, 1.82) is 0 Å². The maximum Gasteiger partial charge on any atom is 0.0558 e. The predicted molar refractivity (Wildman–Crippen MR) is 79.9 cm³/mol. The van der Waals surface area contributed by atoms with Gasteiger partial charge in [0.25, 0.3) is 0 Å². The Morgan fingerprint density at radius 1 is 0.889 bits per heavy atom. The molecule has 18 heavy (non-hydrogen) atoms. The molecule has 3 nitrogen and oxygen atoms in total. The van der Waals surface area contributed by atoms with Gasteiger partial charge in [0.15, 0.2) is 0 Å². The predicted octanol–water partition coefficient (Wildman–Crippen LogP) is 2.90. The topological polar surface area (TPSA) is 43.7 Å². The van der Waals surface area contributed by atoms with Crippen LogP contribution in [0.15, 0.2) is 0 Å². The second-order valence-electron chi connectivity index (χ2n) is 5.94. The summed E-state index contributed by atoms with van der Waals surface area (Å²) in [5.41, 5.74) is 0.317. The number of hydrogen-bond donors (Lipinski definition) is 2. The Hall–Kier alpha value is -0.120. The normalized spacial score (nSPS) is 12.3. The van der Waals surface area contributed by atoms with Gasteiger partial charge in [-0.05, 0) is 25.7 Å². The highest BCUT2D eigenvalue weighted by molar-refractivity contribution is 4.87. The summed E-state index contributed by atoms with van der Waals surface area (Å²) < 4.78 is 0. The van der Waals surface area contributed by atoms with E-state index in [1.807, 2.05) is 13.8 Å². The molecule has 0 aliphatic rings. The fourth-order valence-corrected chi connectivity index (χ4v) is 2.37. The molecule has 0 atom stereocenters. The van der Waals surface area contributed by atoms with E-state index in [0.29, 0.717) is 18.5 Å². The molecule has 3 heteroatoms. The third-order valence-corrected chi connectivity index (χ3v) is 3.46. The van der Waals surface area contributed by atoms with Gasteiger partial charge in [-0.15, -0.1) is 0 Å². The first-order chi connectivity index (χ1) is 8.29. The summed E-state index contributed by atoms with van der Waals surface area (Å²) in [6, 6.07) is 0. The van der Waals surface area contributed by atoms with Crippen molar-refractivity contribution in [2.75, 3.05) is 26.3 Å². The third-order valence-electron chi connectivity index (χ3n) is 3.46. The summed E-state index contributed by atoms with van der Waals surface area (Å²) in [5.74, 6) is 0. The highest BCUT2D eigenvalue weighted by Gasteiger charge is 2.32. The fraction of sp³-hybridized carbons (Fsp3) is 1.00. The van der Waals surface area contributed by atoms with Crippen LogP contribution in [0.5, 0.6) is 0 Å². The smallest absolute Gasteiger partial charge is 0.0558 e. The molecular weight excluding hydrogens is 226 g/mol. The number of aliphatic hydroxyl groups excluding tert-OH is 2. The van der Waals surface area contributed by atoms with E-state index < -0.39 is 0 Å². The Morgan fingerprint density at radius 3 is 1.56 bits per heavy atom. The molecule has 0 unspecified atom stereocenters. The molecular formula is C15H35NO2. The highest BCUT2D eigenvalue weighted by Crippen LogP contribution is 2.33. The monoisotopic (exact) mass is 261 g/mol. The van der Waals surface area contributed by atoms with Gasteiger partial charge in [-0.3, -0.25) is 4.90 Å². The lowest BCUT2D eigenvalue weighted by Crippen LogP contribution is -2.49. The summed E-state index contributed by atoms with van der Waals surface area (Å²) in [4.78, 5) is 2.17. The van der Waals surface area contributed by atoms with Crippen molar-refractivity contribution in [2.24, 2.45) is 5.41 Å². The quantitative estimate of drug-likeness (QED) is 0.706. The summed E-state index contributed by atoms with van der Waals surface area (Å²) in [7, 11) is 0. The molecule has 0 saturated heterocycles. The lowest BCUT2D eigenvalue weighted by atomic mass is 9.77. The van der Waals surface area contributed by atoms with Gasteiger partial charge in [-0.1, -0.05) is 41.0 Å². The maximum absolute atomic E-state index is 9.06. The zero-order chi connectivity index (χ0) is 14.8. The highest BCUT2D eigenvalue weighted by atomic mass is 16.3. The molecule has 112 valence electrons. The summed E-state index contributed by atoms with van der Waals surface area (Å²) in [6.45, 7) is 16.7. The molecule has 0 bridgehead atoms. The van der Waals surface area contributed by atoms with Gasteiger partial charge in [0.2, 0.25) is 0 Å². The van der Waals surface area contributed by atoms with Crippen LogP contribution in [0, 0.1) is 5.41 Å². The van der Waals surface area contributed by atoms with Crippen molar-refractivity contribution in [3.63, 3.8) is 0 Å². The number of β-amino-alcohol motifs (C(OH)–C–C–N with tert-alkyl or cyclic N) is 2. The Morgan fingerprint density at radius 2 is 1.28 bits per heavy atom. The van der Waals surface area contributed by atoms with E-state index in [-0.39, 0.29) is 18.8 Å². The third kappa shape index (κ3) is 8.06. The van der Waals surface area contributed by atoms with Crippen LogP contribution >= 0.6 is 0 Å². The minimum atomic E-state index is 0.0188. The molecule has 0 fully saturated rings. The van der Waals surface area contributed by atoms with Crippen molar-refractivity contribution in [3.05, 3.63) is 0 Å². The largest absolute Gasteiger partial charge is 0.395 e. The van der Waals surface area contributed by atoms with E-state index in [9.17, 15) is 0 Å². The average molecular weight is 261 g/mol. The van der Waals surface area contributed by atoms with Gasteiger partial charge < -0.3 is 10.2 Å². The molecule has 0 aliphatic carbocycles. The lowest BCUT2D eigenvalue weighted by Gasteiger charge is -2.43. The fourth-order valence-electron chi connectivity index (χ4n) is 2.37. The number of rotatable bonds is 8. The van der Waals surface area contributed by atoms with Crippen LogP contribution in [0.25, 0.3) is 0 Å². The maximum atomic E-state index is 9.06. The van der Waals surface area contributed by atoms with E-state index in [1.54, 1.807) is 0 Å². The molecule has 0 saturated carbocycles. The van der Waals surface area contributed by atoms with Gasteiger partial charge in [-0.25, -0.2) is 0 Å². The summed E-state index contributed by atoms with van der Waals surface area (Å²) in [5, 5.41) is 18.1. The van der Waals surface area contributed by atoms with E-state index in [0.717, 1.165) is 12.8 Å². The number of aliphatic hydroxyl groups is 2. The molecule has 2 N–H and O–H groups in total. The molecule has 0 aromatic carbocycles. The second-order valence-corrected chi connectivity index (χ2v) is 5.94.